The van der Waals surface area contributed by atoms with Gasteiger partial charge in [0.2, 0.25) is 0 Å². The van der Waals surface area contributed by atoms with Crippen LogP contribution in [0.25, 0.3) is 0 Å². The maximum atomic E-state index is 10.6. The van der Waals surface area contributed by atoms with Gasteiger partial charge in [-0.1, -0.05) is 0 Å². The van der Waals surface area contributed by atoms with Gasteiger partial charge in [0, 0.05) is 13.1 Å². The van der Waals surface area contributed by atoms with Crippen molar-refractivity contribution in [1.29, 1.82) is 0 Å². The zero-order valence-corrected chi connectivity index (χ0v) is 8.85. The molecule has 1 saturated heterocycles. The number of nitrogens with two attached hydrogens (primary N) is 1. The molecule has 0 spiro atoms. The Morgan fingerprint density at radius 1 is 1.36 bits per heavy atom. The largest absolute Gasteiger partial charge is 0.396 e. The van der Waals surface area contributed by atoms with Crippen LogP contribution >= 0.6 is 11.3 Å². The summed E-state index contributed by atoms with van der Waals surface area (Å²) < 4.78 is 0. The van der Waals surface area contributed by atoms with Crippen molar-refractivity contribution in [3.8, 4) is 0 Å². The molecule has 2 rings (SSSR count). The molecule has 0 atom stereocenters. The second-order valence-electron chi connectivity index (χ2n) is 3.57. The van der Waals surface area contributed by atoms with Gasteiger partial charge in [-0.05, 0) is 25.3 Å². The molecule has 0 saturated carbocycles. The Kier molecular flexibility index (Phi) is 2.72. The molecule has 0 unspecified atom stereocenters. The van der Waals surface area contributed by atoms with Crippen molar-refractivity contribution in [2.45, 2.75) is 19.3 Å². The number of nitrogen functional groups attached to an aromatic ring is 1. The molecule has 0 bridgehead atoms. The fourth-order valence-electron chi connectivity index (χ4n) is 1.82. The first-order valence-electron chi connectivity index (χ1n) is 4.90. The molecular weight excluding hydrogens is 196 g/mol. The van der Waals surface area contributed by atoms with E-state index in [1.165, 1.54) is 30.6 Å². The number of thiophene rings is 1. The number of aldehydes is 1. The van der Waals surface area contributed by atoms with E-state index in [2.05, 4.69) is 4.90 Å². The van der Waals surface area contributed by atoms with E-state index in [-0.39, 0.29) is 0 Å². The Morgan fingerprint density at radius 2 is 2.07 bits per heavy atom. The van der Waals surface area contributed by atoms with Crippen LogP contribution < -0.4 is 10.6 Å². The molecule has 0 aliphatic carbocycles. The highest BCUT2D eigenvalue weighted by Gasteiger charge is 2.16. The minimum atomic E-state index is 0.725. The van der Waals surface area contributed by atoms with Crippen LogP contribution in [0, 0.1) is 0 Å². The van der Waals surface area contributed by atoms with Crippen molar-refractivity contribution < 1.29 is 4.79 Å². The van der Waals surface area contributed by atoms with Crippen LogP contribution in [0.3, 0.4) is 0 Å². The number of rotatable bonds is 2. The summed E-state index contributed by atoms with van der Waals surface area (Å²) >= 11 is 1.50. The summed E-state index contributed by atoms with van der Waals surface area (Å²) in [6.45, 7) is 2.14. The molecule has 2 heterocycles. The summed E-state index contributed by atoms with van der Waals surface area (Å²) in [4.78, 5) is 13.6. The molecule has 1 fully saturated rings. The van der Waals surface area contributed by atoms with Gasteiger partial charge in [0.05, 0.1) is 10.6 Å². The maximum Gasteiger partial charge on any atom is 0.160 e. The lowest BCUT2D eigenvalue weighted by Crippen LogP contribution is -2.29. The molecule has 1 aliphatic heterocycles. The van der Waals surface area contributed by atoms with Gasteiger partial charge in [-0.15, -0.1) is 11.3 Å². The minimum absolute atomic E-state index is 0.725. The van der Waals surface area contributed by atoms with Crippen molar-refractivity contribution in [3.05, 3.63) is 10.9 Å². The average Bonchev–Trinajstić information content (AvgIpc) is 2.61. The van der Waals surface area contributed by atoms with Crippen LogP contribution in [0.4, 0.5) is 10.7 Å². The second kappa shape index (κ2) is 4.00. The minimum Gasteiger partial charge on any atom is -0.396 e. The van der Waals surface area contributed by atoms with Crippen LogP contribution in [-0.2, 0) is 0 Å². The lowest BCUT2D eigenvalue weighted by Gasteiger charge is -2.27. The summed E-state index contributed by atoms with van der Waals surface area (Å²) in [6.07, 6.45) is 4.64. The Hall–Kier alpha value is -1.03. The number of hydrogen-bond donors (Lipinski definition) is 1. The normalized spacial score (nSPS) is 17.0. The summed E-state index contributed by atoms with van der Waals surface area (Å²) in [7, 11) is 0. The molecule has 1 aliphatic rings. The van der Waals surface area contributed by atoms with E-state index in [4.69, 9.17) is 5.73 Å². The Bertz CT molecular complexity index is 329. The number of hydrogen-bond acceptors (Lipinski definition) is 4. The zero-order valence-electron chi connectivity index (χ0n) is 8.03. The molecule has 0 aromatic carbocycles. The first-order valence-corrected chi connectivity index (χ1v) is 5.72. The quantitative estimate of drug-likeness (QED) is 0.761. The van der Waals surface area contributed by atoms with Gasteiger partial charge in [-0.25, -0.2) is 0 Å². The van der Waals surface area contributed by atoms with Gasteiger partial charge in [0.15, 0.2) is 6.29 Å². The molecule has 0 radical (unpaired) electrons. The first kappa shape index (κ1) is 9.52. The van der Waals surface area contributed by atoms with Crippen LogP contribution in [0.15, 0.2) is 6.07 Å². The molecule has 0 amide bonds. The summed E-state index contributed by atoms with van der Waals surface area (Å²) in [5, 5.41) is 1.08. The smallest absolute Gasteiger partial charge is 0.160 e. The second-order valence-corrected chi connectivity index (χ2v) is 4.64. The molecule has 14 heavy (non-hydrogen) atoms. The highest BCUT2D eigenvalue weighted by molar-refractivity contribution is 7.18. The highest BCUT2D eigenvalue weighted by atomic mass is 32.1. The summed E-state index contributed by atoms with van der Waals surface area (Å²) in [5.41, 5.74) is 6.61. The van der Waals surface area contributed by atoms with Crippen LogP contribution in [0.2, 0.25) is 0 Å². The number of carbonyl (C=O) groups excluding carboxylic acids is 1. The van der Waals surface area contributed by atoms with Crippen LogP contribution in [0.1, 0.15) is 28.9 Å². The molecule has 76 valence electrons. The highest BCUT2D eigenvalue weighted by Crippen LogP contribution is 2.34. The van der Waals surface area contributed by atoms with E-state index in [0.29, 0.717) is 0 Å². The van der Waals surface area contributed by atoms with Crippen molar-refractivity contribution in [2.24, 2.45) is 0 Å². The van der Waals surface area contributed by atoms with Gasteiger partial charge in [0.1, 0.15) is 5.00 Å². The van der Waals surface area contributed by atoms with E-state index < -0.39 is 0 Å². The molecule has 1 aromatic rings. The number of anilines is 2. The van der Waals surface area contributed by atoms with Gasteiger partial charge in [0.25, 0.3) is 0 Å². The maximum absolute atomic E-state index is 10.6. The fraction of sp³-hybridized carbons (Fsp3) is 0.500. The molecule has 2 N–H and O–H groups in total. The predicted octanol–water partition coefficient (Wildman–Crippen LogP) is 2.13. The third-order valence-corrected chi connectivity index (χ3v) is 3.66. The fourth-order valence-corrected chi connectivity index (χ4v) is 2.76. The molecular formula is C10H14N2OS. The van der Waals surface area contributed by atoms with E-state index >= 15 is 0 Å². The first-order chi connectivity index (χ1) is 6.81. The summed E-state index contributed by atoms with van der Waals surface area (Å²) in [6, 6.07) is 1.77. The van der Waals surface area contributed by atoms with Crippen LogP contribution in [-0.4, -0.2) is 19.4 Å². The SMILES string of the molecule is Nc1cc(C=O)sc1N1CCCCC1. The molecule has 4 heteroatoms. The van der Waals surface area contributed by atoms with Crippen molar-refractivity contribution in [3.63, 3.8) is 0 Å². The van der Waals surface area contributed by atoms with E-state index in [9.17, 15) is 4.79 Å². The third kappa shape index (κ3) is 1.75. The number of piperidine rings is 1. The van der Waals surface area contributed by atoms with Crippen molar-refractivity contribution >= 4 is 28.3 Å². The van der Waals surface area contributed by atoms with Gasteiger partial charge >= 0.3 is 0 Å². The Balaban J connectivity index is 2.20. The molecule has 3 nitrogen and oxygen atoms in total. The third-order valence-electron chi connectivity index (χ3n) is 2.52. The van der Waals surface area contributed by atoms with Gasteiger partial charge in [-0.3, -0.25) is 4.79 Å². The van der Waals surface area contributed by atoms with E-state index in [0.717, 1.165) is 34.9 Å². The van der Waals surface area contributed by atoms with E-state index in [1.807, 2.05) is 0 Å². The monoisotopic (exact) mass is 210 g/mol. The molecule has 1 aromatic heterocycles. The topological polar surface area (TPSA) is 46.3 Å². The number of nitrogens with zero attached hydrogens (tertiary/aromatic N) is 1. The van der Waals surface area contributed by atoms with E-state index in [1.54, 1.807) is 6.07 Å². The van der Waals surface area contributed by atoms with Gasteiger partial charge in [-0.2, -0.15) is 0 Å². The lowest BCUT2D eigenvalue weighted by atomic mass is 10.1. The van der Waals surface area contributed by atoms with Crippen LogP contribution in [0.5, 0.6) is 0 Å². The summed E-state index contributed by atoms with van der Waals surface area (Å²) in [5.74, 6) is 0. The van der Waals surface area contributed by atoms with Gasteiger partial charge < -0.3 is 10.6 Å². The van der Waals surface area contributed by atoms with Crippen molar-refractivity contribution in [1.82, 2.24) is 0 Å². The lowest BCUT2D eigenvalue weighted by molar-refractivity contribution is 0.112. The Morgan fingerprint density at radius 3 is 2.64 bits per heavy atom. The van der Waals surface area contributed by atoms with Crippen molar-refractivity contribution in [2.75, 3.05) is 23.7 Å². The Labute approximate surface area is 87.5 Å². The average molecular weight is 210 g/mol. The predicted molar refractivity (Wildman–Crippen MR) is 60.2 cm³/mol. The number of carbonyl (C=O) groups is 1. The zero-order chi connectivity index (χ0) is 9.97. The standard InChI is InChI=1S/C10H14N2OS/c11-9-6-8(7-13)14-10(9)12-4-2-1-3-5-12/h6-7H,1-5,11H2.